The molecule has 1 unspecified atom stereocenters. The Morgan fingerprint density at radius 2 is 2.04 bits per heavy atom. The number of rotatable bonds is 6. The molecule has 2 aromatic rings. The summed E-state index contributed by atoms with van der Waals surface area (Å²) >= 11 is 0. The molecule has 0 aromatic heterocycles. The van der Waals surface area contributed by atoms with E-state index in [2.05, 4.69) is 10.6 Å². The molecule has 142 valence electrons. The molecule has 1 fully saturated rings. The van der Waals surface area contributed by atoms with Gasteiger partial charge in [0.2, 0.25) is 6.79 Å². The number of hydrogen-bond acceptors (Lipinski definition) is 5. The van der Waals surface area contributed by atoms with E-state index in [0.717, 1.165) is 30.8 Å². The lowest BCUT2D eigenvalue weighted by Crippen LogP contribution is -2.28. The van der Waals surface area contributed by atoms with Gasteiger partial charge in [0.15, 0.2) is 11.5 Å². The van der Waals surface area contributed by atoms with E-state index in [1.54, 1.807) is 0 Å². The lowest BCUT2D eigenvalue weighted by molar-refractivity contribution is 0.0682. The Balaban J connectivity index is 1.31. The predicted octanol–water partition coefficient (Wildman–Crippen LogP) is 3.29. The molecule has 7 nitrogen and oxygen atoms in total. The van der Waals surface area contributed by atoms with E-state index in [-0.39, 0.29) is 18.9 Å². The highest BCUT2D eigenvalue weighted by atomic mass is 16.7. The van der Waals surface area contributed by atoms with Crippen molar-refractivity contribution in [3.8, 4) is 17.2 Å². The molecule has 2 amide bonds. The standard InChI is InChI=1S/C20H22N2O5/c23-20(21-11-14-7-8-18-19(10-14)27-13-26-18)22-16-5-1-2-6-17(16)25-12-15-4-3-9-24-15/h1-2,5-8,10,15H,3-4,9,11-13H2,(H2,21,22,23). The highest BCUT2D eigenvalue weighted by Gasteiger charge is 2.17. The smallest absolute Gasteiger partial charge is 0.319 e. The lowest BCUT2D eigenvalue weighted by atomic mass is 10.2. The minimum Gasteiger partial charge on any atom is -0.489 e. The van der Waals surface area contributed by atoms with E-state index in [4.69, 9.17) is 18.9 Å². The third kappa shape index (κ3) is 4.43. The van der Waals surface area contributed by atoms with Crippen molar-refractivity contribution >= 4 is 11.7 Å². The number of fused-ring (bicyclic) bond motifs is 1. The SMILES string of the molecule is O=C(NCc1ccc2c(c1)OCO2)Nc1ccccc1OCC1CCCO1. The predicted molar refractivity (Wildman–Crippen MR) is 99.3 cm³/mol. The molecular formula is C20H22N2O5. The molecule has 7 heteroatoms. The first-order chi connectivity index (χ1) is 13.3. The van der Waals surface area contributed by atoms with Crippen molar-refractivity contribution in [2.75, 3.05) is 25.3 Å². The Bertz CT molecular complexity index is 805. The van der Waals surface area contributed by atoms with E-state index in [9.17, 15) is 4.79 Å². The van der Waals surface area contributed by atoms with Gasteiger partial charge in [0.05, 0.1) is 11.8 Å². The third-order valence-corrected chi connectivity index (χ3v) is 4.47. The zero-order valence-corrected chi connectivity index (χ0v) is 14.9. The van der Waals surface area contributed by atoms with Crippen LogP contribution >= 0.6 is 0 Å². The van der Waals surface area contributed by atoms with Crippen molar-refractivity contribution in [3.05, 3.63) is 48.0 Å². The second kappa shape index (κ2) is 8.18. The molecule has 0 aliphatic carbocycles. The lowest BCUT2D eigenvalue weighted by Gasteiger charge is -2.15. The van der Waals surface area contributed by atoms with E-state index < -0.39 is 0 Å². The number of urea groups is 1. The van der Waals surface area contributed by atoms with Crippen LogP contribution in [0.5, 0.6) is 17.2 Å². The normalized spacial score (nSPS) is 17.6. The highest BCUT2D eigenvalue weighted by molar-refractivity contribution is 5.90. The van der Waals surface area contributed by atoms with Crippen LogP contribution in [0.3, 0.4) is 0 Å². The maximum atomic E-state index is 12.3. The fourth-order valence-electron chi connectivity index (χ4n) is 3.05. The number of ether oxygens (including phenoxy) is 4. The summed E-state index contributed by atoms with van der Waals surface area (Å²) in [5.74, 6) is 2.05. The number of carbonyl (C=O) groups excluding carboxylic acids is 1. The van der Waals surface area contributed by atoms with Gasteiger partial charge < -0.3 is 29.6 Å². The summed E-state index contributed by atoms with van der Waals surface area (Å²) in [6, 6.07) is 12.7. The fourth-order valence-corrected chi connectivity index (χ4v) is 3.05. The summed E-state index contributed by atoms with van der Waals surface area (Å²) in [4.78, 5) is 12.3. The van der Waals surface area contributed by atoms with Gasteiger partial charge in [-0.3, -0.25) is 0 Å². The van der Waals surface area contributed by atoms with Crippen LogP contribution in [-0.4, -0.2) is 32.1 Å². The summed E-state index contributed by atoms with van der Waals surface area (Å²) in [5.41, 5.74) is 1.55. The molecule has 27 heavy (non-hydrogen) atoms. The van der Waals surface area contributed by atoms with Crippen LogP contribution in [0.2, 0.25) is 0 Å². The molecule has 1 saturated heterocycles. The molecule has 4 rings (SSSR count). The van der Waals surface area contributed by atoms with Gasteiger partial charge in [0.1, 0.15) is 12.4 Å². The largest absolute Gasteiger partial charge is 0.489 e. The van der Waals surface area contributed by atoms with Crippen LogP contribution in [0.15, 0.2) is 42.5 Å². The Hall–Kier alpha value is -2.93. The zero-order valence-electron chi connectivity index (χ0n) is 14.9. The molecule has 0 bridgehead atoms. The molecule has 1 atom stereocenters. The zero-order chi connectivity index (χ0) is 18.5. The van der Waals surface area contributed by atoms with Gasteiger partial charge in [0, 0.05) is 13.2 Å². The van der Waals surface area contributed by atoms with Gasteiger partial charge in [0.25, 0.3) is 0 Å². The number of para-hydroxylation sites is 2. The summed E-state index contributed by atoms with van der Waals surface area (Å²) in [7, 11) is 0. The molecule has 0 spiro atoms. The van der Waals surface area contributed by atoms with E-state index in [1.807, 2.05) is 42.5 Å². The number of amides is 2. The molecule has 2 aliphatic heterocycles. The van der Waals surface area contributed by atoms with Crippen molar-refractivity contribution in [1.29, 1.82) is 0 Å². The Labute approximate surface area is 157 Å². The number of carbonyl (C=O) groups is 1. The van der Waals surface area contributed by atoms with Gasteiger partial charge in [-0.15, -0.1) is 0 Å². The van der Waals surface area contributed by atoms with Crippen LogP contribution in [-0.2, 0) is 11.3 Å². The van der Waals surface area contributed by atoms with Crippen molar-refractivity contribution in [1.82, 2.24) is 5.32 Å². The fraction of sp³-hybridized carbons (Fsp3) is 0.350. The van der Waals surface area contributed by atoms with E-state index in [0.29, 0.717) is 30.3 Å². The van der Waals surface area contributed by atoms with E-state index >= 15 is 0 Å². The molecule has 2 aromatic carbocycles. The molecular weight excluding hydrogens is 348 g/mol. The first-order valence-corrected chi connectivity index (χ1v) is 9.05. The van der Waals surface area contributed by atoms with Crippen LogP contribution < -0.4 is 24.8 Å². The second-order valence-corrected chi connectivity index (χ2v) is 6.44. The van der Waals surface area contributed by atoms with Crippen LogP contribution in [0.4, 0.5) is 10.5 Å². The highest BCUT2D eigenvalue weighted by Crippen LogP contribution is 2.32. The topological polar surface area (TPSA) is 78.1 Å². The molecule has 2 heterocycles. The Kier molecular flexibility index (Phi) is 5.29. The Morgan fingerprint density at radius 3 is 2.93 bits per heavy atom. The minimum absolute atomic E-state index is 0.123. The van der Waals surface area contributed by atoms with E-state index in [1.165, 1.54) is 0 Å². The number of nitrogens with one attached hydrogen (secondary N) is 2. The number of hydrogen-bond donors (Lipinski definition) is 2. The molecule has 2 N–H and O–H groups in total. The van der Waals surface area contributed by atoms with Gasteiger partial charge in [-0.05, 0) is 42.7 Å². The number of anilines is 1. The van der Waals surface area contributed by atoms with Gasteiger partial charge >= 0.3 is 6.03 Å². The summed E-state index contributed by atoms with van der Waals surface area (Å²) in [6.07, 6.45) is 2.19. The van der Waals surface area contributed by atoms with Crippen molar-refractivity contribution < 1.29 is 23.7 Å². The summed E-state index contributed by atoms with van der Waals surface area (Å²) in [6.45, 7) is 1.88. The minimum atomic E-state index is -0.305. The molecule has 0 radical (unpaired) electrons. The Morgan fingerprint density at radius 1 is 1.15 bits per heavy atom. The maximum Gasteiger partial charge on any atom is 0.319 e. The monoisotopic (exact) mass is 370 g/mol. The van der Waals surface area contributed by atoms with Gasteiger partial charge in [-0.1, -0.05) is 18.2 Å². The third-order valence-electron chi connectivity index (χ3n) is 4.47. The average Bonchev–Trinajstić information content (AvgIpc) is 3.37. The van der Waals surface area contributed by atoms with Crippen molar-refractivity contribution in [3.63, 3.8) is 0 Å². The van der Waals surface area contributed by atoms with Crippen molar-refractivity contribution in [2.45, 2.75) is 25.5 Å². The molecule has 2 aliphatic rings. The van der Waals surface area contributed by atoms with Crippen LogP contribution in [0.25, 0.3) is 0 Å². The van der Waals surface area contributed by atoms with Crippen molar-refractivity contribution in [2.24, 2.45) is 0 Å². The quantitative estimate of drug-likeness (QED) is 0.816. The van der Waals surface area contributed by atoms with Crippen LogP contribution in [0.1, 0.15) is 18.4 Å². The average molecular weight is 370 g/mol. The number of benzene rings is 2. The van der Waals surface area contributed by atoms with Gasteiger partial charge in [-0.25, -0.2) is 4.79 Å². The van der Waals surface area contributed by atoms with Crippen LogP contribution in [0, 0.1) is 0 Å². The first-order valence-electron chi connectivity index (χ1n) is 9.05. The summed E-state index contributed by atoms with van der Waals surface area (Å²) in [5, 5.41) is 5.67. The second-order valence-electron chi connectivity index (χ2n) is 6.44. The first kappa shape index (κ1) is 17.5. The maximum absolute atomic E-state index is 12.3. The molecule has 0 saturated carbocycles. The summed E-state index contributed by atoms with van der Waals surface area (Å²) < 4.78 is 22.0. The van der Waals surface area contributed by atoms with Gasteiger partial charge in [-0.2, -0.15) is 0 Å².